The van der Waals surface area contributed by atoms with Crippen LogP contribution in [0.3, 0.4) is 0 Å². The van der Waals surface area contributed by atoms with Gasteiger partial charge >= 0.3 is 0 Å². The zero-order chi connectivity index (χ0) is 14.5. The molecule has 104 valence electrons. The van der Waals surface area contributed by atoms with Crippen LogP contribution in [0.25, 0.3) is 11.1 Å². The number of hydrogen-bond acceptors (Lipinski definition) is 1. The Kier molecular flexibility index (Phi) is 4.02. The summed E-state index contributed by atoms with van der Waals surface area (Å²) in [5.74, 6) is 0. The van der Waals surface area contributed by atoms with E-state index in [4.69, 9.17) is 0 Å². The molecule has 1 nitrogen and oxygen atoms in total. The van der Waals surface area contributed by atoms with Crippen LogP contribution >= 0.6 is 0 Å². The highest BCUT2D eigenvalue weighted by atomic mass is 14.9. The summed E-state index contributed by atoms with van der Waals surface area (Å²) in [7, 11) is 0. The third kappa shape index (κ3) is 3.14. The molecule has 0 heterocycles. The second kappa shape index (κ2) is 6.27. The highest BCUT2D eigenvalue weighted by molar-refractivity contribution is 5.70. The highest BCUT2D eigenvalue weighted by Crippen LogP contribution is 2.27. The second-order valence-electron chi connectivity index (χ2n) is 5.19. The van der Waals surface area contributed by atoms with Crippen LogP contribution in [0, 0.1) is 6.92 Å². The minimum absolute atomic E-state index is 0.828. The van der Waals surface area contributed by atoms with Gasteiger partial charge in [-0.25, -0.2) is 0 Å². The van der Waals surface area contributed by atoms with E-state index in [1.807, 2.05) is 6.07 Å². The zero-order valence-corrected chi connectivity index (χ0v) is 12.2. The molecule has 0 aromatic heterocycles. The lowest BCUT2D eigenvalue weighted by molar-refractivity contribution is 1.15. The lowest BCUT2D eigenvalue weighted by Gasteiger charge is -2.13. The number of rotatable bonds is 4. The van der Waals surface area contributed by atoms with Gasteiger partial charge in [-0.15, -0.1) is 0 Å². The molecule has 0 fully saturated rings. The molecule has 0 aliphatic carbocycles. The summed E-state index contributed by atoms with van der Waals surface area (Å²) < 4.78 is 0. The van der Waals surface area contributed by atoms with Gasteiger partial charge in [0.25, 0.3) is 0 Å². The molecule has 3 rings (SSSR count). The number of aryl methyl sites for hydroxylation is 1. The van der Waals surface area contributed by atoms with E-state index in [0.717, 1.165) is 12.2 Å². The van der Waals surface area contributed by atoms with Crippen molar-refractivity contribution in [3.05, 3.63) is 90.0 Å². The molecule has 0 radical (unpaired) electrons. The molecular formula is C20H19N. The summed E-state index contributed by atoms with van der Waals surface area (Å²) in [6, 6.07) is 27.5. The SMILES string of the molecule is Cc1ccccc1-c1ccccc1CNc1ccccc1. The maximum absolute atomic E-state index is 3.49. The molecule has 3 aromatic rings. The number of nitrogens with one attached hydrogen (secondary N) is 1. The lowest BCUT2D eigenvalue weighted by Crippen LogP contribution is -2.01. The summed E-state index contributed by atoms with van der Waals surface area (Å²) in [5.41, 5.74) is 6.39. The van der Waals surface area contributed by atoms with Crippen molar-refractivity contribution in [1.82, 2.24) is 0 Å². The molecular weight excluding hydrogens is 254 g/mol. The predicted octanol–water partition coefficient (Wildman–Crippen LogP) is 5.27. The first-order valence-electron chi connectivity index (χ1n) is 7.27. The maximum Gasteiger partial charge on any atom is 0.0406 e. The molecule has 3 aromatic carbocycles. The molecule has 0 amide bonds. The summed E-state index contributed by atoms with van der Waals surface area (Å²) in [6.45, 7) is 2.99. The van der Waals surface area contributed by atoms with Crippen molar-refractivity contribution in [2.45, 2.75) is 13.5 Å². The van der Waals surface area contributed by atoms with E-state index in [2.05, 4.69) is 85.0 Å². The first-order chi connectivity index (χ1) is 10.3. The Morgan fingerprint density at radius 3 is 2.05 bits per heavy atom. The van der Waals surface area contributed by atoms with Crippen molar-refractivity contribution in [3.63, 3.8) is 0 Å². The third-order valence-electron chi connectivity index (χ3n) is 3.71. The normalized spacial score (nSPS) is 10.3. The Labute approximate surface area is 126 Å². The van der Waals surface area contributed by atoms with Gasteiger partial charge in [-0.2, -0.15) is 0 Å². The summed E-state index contributed by atoms with van der Waals surface area (Å²) in [5, 5.41) is 3.49. The fourth-order valence-electron chi connectivity index (χ4n) is 2.57. The average molecular weight is 273 g/mol. The van der Waals surface area contributed by atoms with E-state index in [1.165, 1.54) is 22.3 Å². The Balaban J connectivity index is 1.88. The largest absolute Gasteiger partial charge is 0.381 e. The van der Waals surface area contributed by atoms with Crippen LogP contribution in [-0.2, 0) is 6.54 Å². The Morgan fingerprint density at radius 2 is 1.29 bits per heavy atom. The molecule has 0 aliphatic rings. The minimum atomic E-state index is 0.828. The van der Waals surface area contributed by atoms with Crippen LogP contribution in [0.1, 0.15) is 11.1 Å². The van der Waals surface area contributed by atoms with E-state index in [1.54, 1.807) is 0 Å². The lowest BCUT2D eigenvalue weighted by atomic mass is 9.96. The molecule has 0 saturated heterocycles. The van der Waals surface area contributed by atoms with Gasteiger partial charge in [0.15, 0.2) is 0 Å². The number of hydrogen-bond donors (Lipinski definition) is 1. The van der Waals surface area contributed by atoms with Crippen molar-refractivity contribution in [1.29, 1.82) is 0 Å². The van der Waals surface area contributed by atoms with Gasteiger partial charge in [0.1, 0.15) is 0 Å². The van der Waals surface area contributed by atoms with Gasteiger partial charge in [-0.1, -0.05) is 66.7 Å². The number of anilines is 1. The average Bonchev–Trinajstić information content (AvgIpc) is 2.55. The topological polar surface area (TPSA) is 12.0 Å². The molecule has 1 heteroatoms. The van der Waals surface area contributed by atoms with Crippen molar-refractivity contribution in [3.8, 4) is 11.1 Å². The third-order valence-corrected chi connectivity index (χ3v) is 3.71. The molecule has 0 saturated carbocycles. The predicted molar refractivity (Wildman–Crippen MR) is 90.4 cm³/mol. The standard InChI is InChI=1S/C20H19N/c1-16-9-5-7-13-19(16)20-14-8-6-10-17(20)15-21-18-11-3-2-4-12-18/h2-14,21H,15H2,1H3. The van der Waals surface area contributed by atoms with Crippen LogP contribution in [0.2, 0.25) is 0 Å². The van der Waals surface area contributed by atoms with E-state index < -0.39 is 0 Å². The maximum atomic E-state index is 3.49. The van der Waals surface area contributed by atoms with Crippen LogP contribution < -0.4 is 5.32 Å². The summed E-state index contributed by atoms with van der Waals surface area (Å²) >= 11 is 0. The van der Waals surface area contributed by atoms with Gasteiger partial charge in [-0.05, 0) is 41.3 Å². The minimum Gasteiger partial charge on any atom is -0.381 e. The van der Waals surface area contributed by atoms with Gasteiger partial charge in [0.2, 0.25) is 0 Å². The van der Waals surface area contributed by atoms with Crippen LogP contribution in [-0.4, -0.2) is 0 Å². The molecule has 0 aliphatic heterocycles. The van der Waals surface area contributed by atoms with E-state index in [-0.39, 0.29) is 0 Å². The smallest absolute Gasteiger partial charge is 0.0406 e. The van der Waals surface area contributed by atoms with Gasteiger partial charge < -0.3 is 5.32 Å². The fourth-order valence-corrected chi connectivity index (χ4v) is 2.57. The van der Waals surface area contributed by atoms with E-state index in [0.29, 0.717) is 0 Å². The van der Waals surface area contributed by atoms with Crippen LogP contribution in [0.4, 0.5) is 5.69 Å². The molecule has 1 N–H and O–H groups in total. The second-order valence-corrected chi connectivity index (χ2v) is 5.19. The highest BCUT2D eigenvalue weighted by Gasteiger charge is 2.06. The van der Waals surface area contributed by atoms with E-state index >= 15 is 0 Å². The Morgan fingerprint density at radius 1 is 0.667 bits per heavy atom. The first kappa shape index (κ1) is 13.4. The first-order valence-corrected chi connectivity index (χ1v) is 7.27. The van der Waals surface area contributed by atoms with Crippen molar-refractivity contribution >= 4 is 5.69 Å². The van der Waals surface area contributed by atoms with Gasteiger partial charge in [0, 0.05) is 12.2 Å². The van der Waals surface area contributed by atoms with Crippen LogP contribution in [0.15, 0.2) is 78.9 Å². The molecule has 0 spiro atoms. The fraction of sp³-hybridized carbons (Fsp3) is 0.100. The summed E-state index contributed by atoms with van der Waals surface area (Å²) in [4.78, 5) is 0. The van der Waals surface area contributed by atoms with Crippen molar-refractivity contribution in [2.24, 2.45) is 0 Å². The Bertz CT molecular complexity index is 717. The van der Waals surface area contributed by atoms with E-state index in [9.17, 15) is 0 Å². The molecule has 21 heavy (non-hydrogen) atoms. The zero-order valence-electron chi connectivity index (χ0n) is 12.2. The molecule has 0 unspecified atom stereocenters. The monoisotopic (exact) mass is 273 g/mol. The Hall–Kier alpha value is -2.54. The van der Waals surface area contributed by atoms with Crippen molar-refractivity contribution in [2.75, 3.05) is 5.32 Å². The molecule has 0 bridgehead atoms. The number of benzene rings is 3. The summed E-state index contributed by atoms with van der Waals surface area (Å²) in [6.07, 6.45) is 0. The quantitative estimate of drug-likeness (QED) is 0.682. The molecule has 0 atom stereocenters. The number of para-hydroxylation sites is 1. The van der Waals surface area contributed by atoms with Crippen molar-refractivity contribution < 1.29 is 0 Å². The van der Waals surface area contributed by atoms with Crippen LogP contribution in [0.5, 0.6) is 0 Å². The van der Waals surface area contributed by atoms with Gasteiger partial charge in [0.05, 0.1) is 0 Å². The van der Waals surface area contributed by atoms with Gasteiger partial charge in [-0.3, -0.25) is 0 Å².